The minimum absolute atomic E-state index is 0.0545. The van der Waals surface area contributed by atoms with Crippen LogP contribution in [-0.2, 0) is 10.2 Å². The number of hydrogen-bond donors (Lipinski definition) is 3. The Balaban J connectivity index is 1.07. The number of ether oxygens (including phenoxy) is 1. The van der Waals surface area contributed by atoms with E-state index in [0.717, 1.165) is 37.2 Å². The molecule has 3 aliphatic rings. The lowest BCUT2D eigenvalue weighted by Crippen LogP contribution is -2.47. The Morgan fingerprint density at radius 3 is 2.77 bits per heavy atom. The van der Waals surface area contributed by atoms with Crippen LogP contribution in [0.4, 0.5) is 10.1 Å². The number of imidazole rings is 1. The van der Waals surface area contributed by atoms with Gasteiger partial charge in [0.05, 0.1) is 16.5 Å². The van der Waals surface area contributed by atoms with Crippen LogP contribution >= 0.6 is 11.6 Å². The smallest absolute Gasteiger partial charge is 0.235 e. The Morgan fingerprint density at radius 2 is 2.03 bits per heavy atom. The Kier molecular flexibility index (Phi) is 5.32. The minimum atomic E-state index is -0.664. The number of rotatable bonds is 5. The highest BCUT2D eigenvalue weighted by atomic mass is 35.5. The summed E-state index contributed by atoms with van der Waals surface area (Å²) >= 11 is 6.21. The lowest BCUT2D eigenvalue weighted by atomic mass is 9.72. The zero-order valence-corrected chi connectivity index (χ0v) is 20.3. The molecule has 1 spiro atoms. The zero-order valence-electron chi connectivity index (χ0n) is 19.5. The monoisotopic (exact) mass is 498 g/mol. The standard InChI is InChI=1S/C26H28ClFN4O3/c1-25(34)13-15(14-25)23-29-21-12-17(11-19(28)22(21)31-23)35-9-8-32-6-4-26(5-7-32)18-10-16(27)2-3-20(18)30-24(26)33/h2-3,10-12,15,34H,4-9,13-14H2,1H3,(H,29,31)(H,30,33). The van der Waals surface area contributed by atoms with Gasteiger partial charge in [0.15, 0.2) is 5.82 Å². The zero-order chi connectivity index (χ0) is 24.4. The molecule has 3 aromatic rings. The van der Waals surface area contributed by atoms with Gasteiger partial charge in [-0.3, -0.25) is 9.69 Å². The minimum Gasteiger partial charge on any atom is -0.492 e. The first kappa shape index (κ1) is 22.8. The van der Waals surface area contributed by atoms with Crippen molar-refractivity contribution >= 4 is 34.2 Å². The number of hydrogen-bond acceptors (Lipinski definition) is 5. The first-order valence-electron chi connectivity index (χ1n) is 12.1. The summed E-state index contributed by atoms with van der Waals surface area (Å²) in [7, 11) is 0. The van der Waals surface area contributed by atoms with Gasteiger partial charge in [-0.15, -0.1) is 0 Å². The lowest BCUT2D eigenvalue weighted by molar-refractivity contribution is -0.122. The molecule has 1 aliphatic carbocycles. The molecule has 0 unspecified atom stereocenters. The fourth-order valence-electron chi connectivity index (χ4n) is 5.87. The van der Waals surface area contributed by atoms with Crippen LogP contribution in [0.2, 0.25) is 5.02 Å². The van der Waals surface area contributed by atoms with Crippen LogP contribution in [0, 0.1) is 5.82 Å². The quantitative estimate of drug-likeness (QED) is 0.486. The number of halogens is 2. The number of nitrogens with one attached hydrogen (secondary N) is 2. The highest BCUT2D eigenvalue weighted by Gasteiger charge is 2.48. The average molecular weight is 499 g/mol. The van der Waals surface area contributed by atoms with Crippen molar-refractivity contribution in [2.45, 2.75) is 49.5 Å². The molecule has 2 aliphatic heterocycles. The van der Waals surface area contributed by atoms with E-state index in [9.17, 15) is 14.3 Å². The Labute approximate surface area is 207 Å². The molecule has 1 amide bonds. The van der Waals surface area contributed by atoms with Gasteiger partial charge in [-0.05, 0) is 69.5 Å². The molecule has 35 heavy (non-hydrogen) atoms. The number of carbonyl (C=O) groups excluding carboxylic acids is 1. The third-order valence-electron chi connectivity index (χ3n) is 7.86. The number of nitrogens with zero attached hydrogens (tertiary/aromatic N) is 2. The van der Waals surface area contributed by atoms with Crippen LogP contribution in [0.5, 0.6) is 5.75 Å². The van der Waals surface area contributed by atoms with Gasteiger partial charge in [0, 0.05) is 35.3 Å². The van der Waals surface area contributed by atoms with Crippen LogP contribution in [-0.4, -0.2) is 57.7 Å². The van der Waals surface area contributed by atoms with E-state index in [1.165, 1.54) is 6.07 Å². The number of anilines is 1. The second-order valence-electron chi connectivity index (χ2n) is 10.4. The van der Waals surface area contributed by atoms with E-state index < -0.39 is 16.8 Å². The molecule has 0 radical (unpaired) electrons. The van der Waals surface area contributed by atoms with E-state index in [1.54, 1.807) is 19.1 Å². The van der Waals surface area contributed by atoms with Crippen molar-refractivity contribution in [2.24, 2.45) is 0 Å². The predicted molar refractivity (Wildman–Crippen MR) is 132 cm³/mol. The third-order valence-corrected chi connectivity index (χ3v) is 8.09. The van der Waals surface area contributed by atoms with Gasteiger partial charge in [-0.2, -0.15) is 0 Å². The first-order chi connectivity index (χ1) is 16.7. The molecule has 0 atom stereocenters. The molecule has 184 valence electrons. The summed E-state index contributed by atoms with van der Waals surface area (Å²) in [5.74, 6) is 0.921. The molecule has 3 heterocycles. The number of amides is 1. The maximum atomic E-state index is 14.7. The van der Waals surface area contributed by atoms with Crippen LogP contribution in [0.3, 0.4) is 0 Å². The van der Waals surface area contributed by atoms with Crippen LogP contribution in [0.1, 0.15) is 49.9 Å². The number of benzene rings is 2. The number of H-pyrrole nitrogens is 1. The van der Waals surface area contributed by atoms with Gasteiger partial charge >= 0.3 is 0 Å². The number of aromatic nitrogens is 2. The van der Waals surface area contributed by atoms with Gasteiger partial charge in [0.1, 0.15) is 23.7 Å². The molecule has 7 nitrogen and oxygen atoms in total. The van der Waals surface area contributed by atoms with Crippen molar-refractivity contribution in [3.8, 4) is 5.75 Å². The third kappa shape index (κ3) is 3.97. The Bertz CT molecular complexity index is 1310. The first-order valence-corrected chi connectivity index (χ1v) is 12.5. The SMILES string of the molecule is CC1(O)CC(c2nc3c(F)cc(OCCN4CCC5(CC4)C(=O)Nc4ccc(Cl)cc45)cc3[nH]2)C1. The number of likely N-dealkylation sites (tertiary alicyclic amines) is 1. The second-order valence-corrected chi connectivity index (χ2v) is 10.9. The Morgan fingerprint density at radius 1 is 1.26 bits per heavy atom. The van der Waals surface area contributed by atoms with E-state index in [1.807, 2.05) is 12.1 Å². The largest absolute Gasteiger partial charge is 0.492 e. The van der Waals surface area contributed by atoms with Gasteiger partial charge < -0.3 is 20.1 Å². The summed E-state index contributed by atoms with van der Waals surface area (Å²) in [5.41, 5.74) is 1.58. The summed E-state index contributed by atoms with van der Waals surface area (Å²) in [6, 6.07) is 8.74. The van der Waals surface area contributed by atoms with Crippen molar-refractivity contribution in [1.82, 2.24) is 14.9 Å². The summed E-state index contributed by atoms with van der Waals surface area (Å²) in [4.78, 5) is 22.7. The predicted octanol–water partition coefficient (Wildman–Crippen LogP) is 4.35. The van der Waals surface area contributed by atoms with Crippen molar-refractivity contribution in [3.05, 3.63) is 52.6 Å². The fourth-order valence-corrected chi connectivity index (χ4v) is 6.05. The summed E-state index contributed by atoms with van der Waals surface area (Å²) < 4.78 is 20.6. The highest BCUT2D eigenvalue weighted by Crippen LogP contribution is 2.46. The highest BCUT2D eigenvalue weighted by molar-refractivity contribution is 6.31. The van der Waals surface area contributed by atoms with Crippen molar-refractivity contribution in [1.29, 1.82) is 0 Å². The van der Waals surface area contributed by atoms with Crippen molar-refractivity contribution < 1.29 is 19.0 Å². The van der Waals surface area contributed by atoms with Gasteiger partial charge in [-0.25, -0.2) is 9.37 Å². The van der Waals surface area contributed by atoms with E-state index in [2.05, 4.69) is 20.2 Å². The maximum Gasteiger partial charge on any atom is 0.235 e. The summed E-state index contributed by atoms with van der Waals surface area (Å²) in [6.45, 7) is 4.44. The van der Waals surface area contributed by atoms with Crippen LogP contribution in [0.25, 0.3) is 11.0 Å². The Hall–Kier alpha value is -2.68. The topological polar surface area (TPSA) is 90.5 Å². The molecule has 6 rings (SSSR count). The molecule has 1 aromatic heterocycles. The van der Waals surface area contributed by atoms with Crippen molar-refractivity contribution in [3.63, 3.8) is 0 Å². The van der Waals surface area contributed by atoms with E-state index in [-0.39, 0.29) is 11.8 Å². The van der Waals surface area contributed by atoms with E-state index in [0.29, 0.717) is 53.6 Å². The normalized spacial score (nSPS) is 25.5. The molecule has 1 saturated heterocycles. The van der Waals surface area contributed by atoms with Crippen LogP contribution < -0.4 is 10.1 Å². The molecular formula is C26H28ClFN4O3. The van der Waals surface area contributed by atoms with Crippen molar-refractivity contribution in [2.75, 3.05) is 31.6 Å². The molecule has 2 aromatic carbocycles. The van der Waals surface area contributed by atoms with Gasteiger partial charge in [0.25, 0.3) is 0 Å². The van der Waals surface area contributed by atoms with E-state index in [4.69, 9.17) is 16.3 Å². The van der Waals surface area contributed by atoms with Crippen LogP contribution in [0.15, 0.2) is 30.3 Å². The van der Waals surface area contributed by atoms with Gasteiger partial charge in [-0.1, -0.05) is 11.6 Å². The number of carbonyl (C=O) groups is 1. The lowest BCUT2D eigenvalue weighted by Gasteiger charge is -2.39. The maximum absolute atomic E-state index is 14.7. The molecule has 3 N–H and O–H groups in total. The fraction of sp³-hybridized carbons (Fsp3) is 0.462. The molecule has 1 saturated carbocycles. The van der Waals surface area contributed by atoms with Gasteiger partial charge in [0.2, 0.25) is 5.91 Å². The molecule has 9 heteroatoms. The molecule has 2 fully saturated rings. The summed E-state index contributed by atoms with van der Waals surface area (Å²) in [6.07, 6.45) is 2.68. The second kappa shape index (κ2) is 8.18. The average Bonchev–Trinajstić information content (AvgIpc) is 3.34. The number of fused-ring (bicyclic) bond motifs is 3. The summed E-state index contributed by atoms with van der Waals surface area (Å²) in [5, 5.41) is 13.6. The number of aromatic amines is 1. The number of aliphatic hydroxyl groups is 1. The molecular weight excluding hydrogens is 471 g/mol. The number of piperidine rings is 1. The van der Waals surface area contributed by atoms with E-state index >= 15 is 0 Å². The molecule has 0 bridgehead atoms.